The lowest BCUT2D eigenvalue weighted by atomic mass is 10.0. The van der Waals surface area contributed by atoms with E-state index in [1.54, 1.807) is 0 Å². The zero-order chi connectivity index (χ0) is 14.8. The SMILES string of the molecule is C=CCCCCCCCCc1ccccc1OCC1CO1. The molecule has 1 heterocycles. The van der Waals surface area contributed by atoms with Gasteiger partial charge in [0.25, 0.3) is 0 Å². The van der Waals surface area contributed by atoms with Gasteiger partial charge in [-0.2, -0.15) is 0 Å². The van der Waals surface area contributed by atoms with Gasteiger partial charge in [-0.15, -0.1) is 6.58 Å². The molecular formula is C19H28O2. The average Bonchev–Trinajstić information content (AvgIpc) is 3.33. The van der Waals surface area contributed by atoms with Crippen molar-refractivity contribution in [2.24, 2.45) is 0 Å². The third kappa shape index (κ3) is 6.81. The molecule has 1 fully saturated rings. The van der Waals surface area contributed by atoms with Crippen LogP contribution in [0.2, 0.25) is 0 Å². The Kier molecular flexibility index (Phi) is 7.37. The highest BCUT2D eigenvalue weighted by Gasteiger charge is 2.23. The second-order valence-electron chi connectivity index (χ2n) is 5.82. The molecular weight excluding hydrogens is 260 g/mol. The Morgan fingerprint density at radius 3 is 2.57 bits per heavy atom. The van der Waals surface area contributed by atoms with Gasteiger partial charge >= 0.3 is 0 Å². The molecule has 0 saturated carbocycles. The molecule has 1 aliphatic heterocycles. The molecule has 1 aromatic rings. The van der Waals surface area contributed by atoms with Gasteiger partial charge in [0.2, 0.25) is 0 Å². The molecule has 1 saturated heterocycles. The first-order chi connectivity index (χ1) is 10.4. The van der Waals surface area contributed by atoms with Crippen molar-refractivity contribution in [2.75, 3.05) is 13.2 Å². The van der Waals surface area contributed by atoms with E-state index in [4.69, 9.17) is 9.47 Å². The molecule has 0 amide bonds. The van der Waals surface area contributed by atoms with Gasteiger partial charge in [-0.1, -0.05) is 50.0 Å². The van der Waals surface area contributed by atoms with E-state index in [2.05, 4.69) is 24.8 Å². The zero-order valence-electron chi connectivity index (χ0n) is 13.1. The van der Waals surface area contributed by atoms with E-state index in [9.17, 15) is 0 Å². The number of aryl methyl sites for hydroxylation is 1. The molecule has 0 spiro atoms. The van der Waals surface area contributed by atoms with E-state index in [1.165, 1.54) is 44.1 Å². The molecule has 0 N–H and O–H groups in total. The number of epoxide rings is 1. The van der Waals surface area contributed by atoms with E-state index in [1.807, 2.05) is 12.1 Å². The zero-order valence-corrected chi connectivity index (χ0v) is 13.1. The maximum Gasteiger partial charge on any atom is 0.122 e. The summed E-state index contributed by atoms with van der Waals surface area (Å²) in [6.45, 7) is 5.31. The van der Waals surface area contributed by atoms with Crippen LogP contribution in [0.4, 0.5) is 0 Å². The Morgan fingerprint density at radius 2 is 1.81 bits per heavy atom. The predicted octanol–water partition coefficient (Wildman–Crippen LogP) is 4.92. The summed E-state index contributed by atoms with van der Waals surface area (Å²) in [7, 11) is 0. The molecule has 0 aliphatic carbocycles. The fourth-order valence-corrected chi connectivity index (χ4v) is 2.51. The molecule has 1 atom stereocenters. The van der Waals surface area contributed by atoms with Crippen LogP contribution in [0.1, 0.15) is 50.5 Å². The highest BCUT2D eigenvalue weighted by Crippen LogP contribution is 2.22. The van der Waals surface area contributed by atoms with Crippen LogP contribution in [-0.4, -0.2) is 19.3 Å². The highest BCUT2D eigenvalue weighted by molar-refractivity contribution is 5.33. The van der Waals surface area contributed by atoms with Crippen LogP contribution in [-0.2, 0) is 11.2 Å². The van der Waals surface area contributed by atoms with Crippen molar-refractivity contribution >= 4 is 0 Å². The van der Waals surface area contributed by atoms with Crippen LogP contribution < -0.4 is 4.74 Å². The molecule has 0 bridgehead atoms. The normalized spacial score (nSPS) is 16.7. The molecule has 1 unspecified atom stereocenters. The molecule has 1 aliphatic rings. The van der Waals surface area contributed by atoms with Crippen LogP contribution >= 0.6 is 0 Å². The Labute approximate surface area is 129 Å². The minimum absolute atomic E-state index is 0.327. The Hall–Kier alpha value is -1.28. The van der Waals surface area contributed by atoms with Crippen LogP contribution in [0, 0.1) is 0 Å². The first-order valence-electron chi connectivity index (χ1n) is 8.33. The highest BCUT2D eigenvalue weighted by atomic mass is 16.6. The lowest BCUT2D eigenvalue weighted by Crippen LogP contribution is -2.05. The van der Waals surface area contributed by atoms with Gasteiger partial charge in [-0.05, 0) is 37.3 Å². The largest absolute Gasteiger partial charge is 0.491 e. The number of benzene rings is 1. The lowest BCUT2D eigenvalue weighted by molar-refractivity contribution is 0.261. The van der Waals surface area contributed by atoms with Crippen molar-refractivity contribution in [1.29, 1.82) is 0 Å². The number of unbranched alkanes of at least 4 members (excludes halogenated alkanes) is 6. The van der Waals surface area contributed by atoms with Gasteiger partial charge in [0, 0.05) is 0 Å². The quantitative estimate of drug-likeness (QED) is 0.309. The summed E-state index contributed by atoms with van der Waals surface area (Å²) in [5, 5.41) is 0. The molecule has 0 aromatic heterocycles. The maximum atomic E-state index is 5.85. The van der Waals surface area contributed by atoms with Crippen molar-refractivity contribution in [2.45, 2.75) is 57.5 Å². The van der Waals surface area contributed by atoms with E-state index in [0.717, 1.165) is 25.2 Å². The van der Waals surface area contributed by atoms with Crippen LogP contribution in [0.25, 0.3) is 0 Å². The average molecular weight is 288 g/mol. The summed E-state index contributed by atoms with van der Waals surface area (Å²) in [5.74, 6) is 1.04. The third-order valence-corrected chi connectivity index (χ3v) is 3.90. The van der Waals surface area contributed by atoms with Gasteiger partial charge in [0.1, 0.15) is 18.5 Å². The van der Waals surface area contributed by atoms with Crippen molar-refractivity contribution < 1.29 is 9.47 Å². The Balaban J connectivity index is 1.59. The molecule has 0 radical (unpaired) electrons. The second-order valence-corrected chi connectivity index (χ2v) is 5.82. The molecule has 21 heavy (non-hydrogen) atoms. The number of rotatable bonds is 12. The summed E-state index contributed by atoms with van der Waals surface area (Å²) in [4.78, 5) is 0. The summed E-state index contributed by atoms with van der Waals surface area (Å²) in [6.07, 6.45) is 12.5. The Bertz CT molecular complexity index is 410. The van der Waals surface area contributed by atoms with E-state index < -0.39 is 0 Å². The monoisotopic (exact) mass is 288 g/mol. The van der Waals surface area contributed by atoms with Crippen molar-refractivity contribution in [3.63, 3.8) is 0 Å². The van der Waals surface area contributed by atoms with Gasteiger partial charge in [0.05, 0.1) is 6.61 Å². The first kappa shape index (κ1) is 16.1. The standard InChI is InChI=1S/C19H28O2/c1-2-3-4-5-6-7-8-9-12-17-13-10-11-14-19(17)21-16-18-15-20-18/h2,10-11,13-14,18H,1,3-9,12,15-16H2. The van der Waals surface area contributed by atoms with Crippen LogP contribution in [0.15, 0.2) is 36.9 Å². The van der Waals surface area contributed by atoms with Gasteiger partial charge in [0.15, 0.2) is 0 Å². The number of allylic oxidation sites excluding steroid dienone is 1. The lowest BCUT2D eigenvalue weighted by Gasteiger charge is -2.10. The molecule has 2 nitrogen and oxygen atoms in total. The van der Waals surface area contributed by atoms with Gasteiger partial charge < -0.3 is 9.47 Å². The number of hydrogen-bond acceptors (Lipinski definition) is 2. The van der Waals surface area contributed by atoms with Gasteiger partial charge in [-0.3, -0.25) is 0 Å². The van der Waals surface area contributed by atoms with E-state index >= 15 is 0 Å². The second kappa shape index (κ2) is 9.62. The molecule has 116 valence electrons. The fraction of sp³-hybridized carbons (Fsp3) is 0.579. The number of ether oxygens (including phenoxy) is 2. The number of para-hydroxylation sites is 1. The summed E-state index contributed by atoms with van der Waals surface area (Å²) in [6, 6.07) is 8.41. The summed E-state index contributed by atoms with van der Waals surface area (Å²) >= 11 is 0. The van der Waals surface area contributed by atoms with E-state index in [-0.39, 0.29) is 0 Å². The summed E-state index contributed by atoms with van der Waals surface area (Å²) in [5.41, 5.74) is 1.34. The predicted molar refractivity (Wildman–Crippen MR) is 87.9 cm³/mol. The minimum atomic E-state index is 0.327. The van der Waals surface area contributed by atoms with Crippen molar-refractivity contribution in [3.05, 3.63) is 42.5 Å². The van der Waals surface area contributed by atoms with Crippen LogP contribution in [0.5, 0.6) is 5.75 Å². The number of hydrogen-bond donors (Lipinski definition) is 0. The minimum Gasteiger partial charge on any atom is -0.491 e. The topological polar surface area (TPSA) is 21.8 Å². The van der Waals surface area contributed by atoms with E-state index in [0.29, 0.717) is 12.7 Å². The summed E-state index contributed by atoms with van der Waals surface area (Å²) < 4.78 is 11.0. The van der Waals surface area contributed by atoms with Crippen molar-refractivity contribution in [3.8, 4) is 5.75 Å². The van der Waals surface area contributed by atoms with Crippen molar-refractivity contribution in [1.82, 2.24) is 0 Å². The fourth-order valence-electron chi connectivity index (χ4n) is 2.51. The molecule has 2 heteroatoms. The maximum absolute atomic E-state index is 5.85. The third-order valence-electron chi connectivity index (χ3n) is 3.90. The van der Waals surface area contributed by atoms with Crippen LogP contribution in [0.3, 0.4) is 0 Å². The Morgan fingerprint density at radius 1 is 1.10 bits per heavy atom. The first-order valence-corrected chi connectivity index (χ1v) is 8.33. The smallest absolute Gasteiger partial charge is 0.122 e. The molecule has 1 aromatic carbocycles. The van der Waals surface area contributed by atoms with Gasteiger partial charge in [-0.25, -0.2) is 0 Å². The molecule has 2 rings (SSSR count).